The Morgan fingerprint density at radius 3 is 2.26 bits per heavy atom. The minimum atomic E-state index is -0.811. The van der Waals surface area contributed by atoms with E-state index in [0.717, 1.165) is 19.3 Å². The summed E-state index contributed by atoms with van der Waals surface area (Å²) in [6.45, 7) is 5.32. The number of aliphatic carboxylic acids is 1. The molecule has 0 aromatic heterocycles. The van der Waals surface area contributed by atoms with Crippen molar-refractivity contribution in [1.82, 2.24) is 4.90 Å². The number of rotatable bonds is 16. The van der Waals surface area contributed by atoms with Crippen LogP contribution < -0.4 is 0 Å². The molecular formula is C18H37NO4. The largest absolute Gasteiger partial charge is 0.480 e. The number of carboxylic acids is 1. The molecule has 2 N–H and O–H groups in total. The number of hydrogen-bond donors (Lipinski definition) is 2. The Kier molecular flexibility index (Phi) is 14.5. The Hall–Kier alpha value is -0.650. The first-order chi connectivity index (χ1) is 11.0. The van der Waals surface area contributed by atoms with Gasteiger partial charge in [0.1, 0.15) is 0 Å². The van der Waals surface area contributed by atoms with Gasteiger partial charge >= 0.3 is 5.97 Å². The second-order valence-electron chi connectivity index (χ2n) is 6.54. The number of ether oxygens (including phenoxy) is 1. The summed E-state index contributed by atoms with van der Waals surface area (Å²) in [5.74, 6) is -0.811. The molecule has 0 bridgehead atoms. The SMILES string of the molecule is CCCCCCCCCC(OCCCN(C)CC(=O)O)C(C)O. The number of carbonyl (C=O) groups is 1. The molecular weight excluding hydrogens is 294 g/mol. The van der Waals surface area contributed by atoms with Crippen LogP contribution >= 0.6 is 0 Å². The summed E-state index contributed by atoms with van der Waals surface area (Å²) in [7, 11) is 1.79. The number of aliphatic hydroxyl groups is 1. The maximum absolute atomic E-state index is 10.6. The van der Waals surface area contributed by atoms with Gasteiger partial charge in [-0.05, 0) is 26.8 Å². The van der Waals surface area contributed by atoms with Gasteiger partial charge in [0.2, 0.25) is 0 Å². The molecule has 5 nitrogen and oxygen atoms in total. The van der Waals surface area contributed by atoms with Gasteiger partial charge in [0.25, 0.3) is 0 Å². The fraction of sp³-hybridized carbons (Fsp3) is 0.944. The van der Waals surface area contributed by atoms with E-state index >= 15 is 0 Å². The first-order valence-corrected chi connectivity index (χ1v) is 9.17. The van der Waals surface area contributed by atoms with Gasteiger partial charge in [-0.1, -0.05) is 51.9 Å². The molecule has 0 aliphatic rings. The van der Waals surface area contributed by atoms with Gasteiger partial charge in [-0.25, -0.2) is 0 Å². The highest BCUT2D eigenvalue weighted by atomic mass is 16.5. The summed E-state index contributed by atoms with van der Waals surface area (Å²) in [5.41, 5.74) is 0. The van der Waals surface area contributed by atoms with Crippen LogP contribution in [0.4, 0.5) is 0 Å². The third-order valence-corrected chi connectivity index (χ3v) is 4.05. The second-order valence-corrected chi connectivity index (χ2v) is 6.54. The lowest BCUT2D eigenvalue weighted by Crippen LogP contribution is -2.30. The minimum absolute atomic E-state index is 0.0534. The molecule has 0 spiro atoms. The van der Waals surface area contributed by atoms with E-state index in [2.05, 4.69) is 6.92 Å². The van der Waals surface area contributed by atoms with Crippen LogP contribution in [0.2, 0.25) is 0 Å². The third-order valence-electron chi connectivity index (χ3n) is 4.05. The van der Waals surface area contributed by atoms with E-state index in [0.29, 0.717) is 13.2 Å². The van der Waals surface area contributed by atoms with Gasteiger partial charge in [0.05, 0.1) is 18.8 Å². The molecule has 0 aromatic carbocycles. The van der Waals surface area contributed by atoms with Crippen LogP contribution in [0.1, 0.15) is 71.6 Å². The van der Waals surface area contributed by atoms with E-state index in [1.165, 1.54) is 38.5 Å². The monoisotopic (exact) mass is 331 g/mol. The van der Waals surface area contributed by atoms with E-state index in [1.54, 1.807) is 18.9 Å². The molecule has 0 rings (SSSR count). The predicted molar refractivity (Wildman–Crippen MR) is 93.8 cm³/mol. The zero-order valence-electron chi connectivity index (χ0n) is 15.3. The number of carboxylic acid groups (broad SMARTS) is 1. The number of unbranched alkanes of at least 4 members (excludes halogenated alkanes) is 6. The first kappa shape index (κ1) is 22.4. The van der Waals surface area contributed by atoms with Crippen molar-refractivity contribution in [3.8, 4) is 0 Å². The highest BCUT2D eigenvalue weighted by Crippen LogP contribution is 2.13. The van der Waals surface area contributed by atoms with Crippen LogP contribution in [0.15, 0.2) is 0 Å². The summed E-state index contributed by atoms with van der Waals surface area (Å²) < 4.78 is 5.78. The minimum Gasteiger partial charge on any atom is -0.480 e. The molecule has 0 amide bonds. The molecule has 0 aliphatic heterocycles. The Balaban J connectivity index is 3.68. The molecule has 5 heteroatoms. The van der Waals surface area contributed by atoms with Crippen LogP contribution in [-0.4, -0.2) is 60.0 Å². The van der Waals surface area contributed by atoms with Crippen molar-refractivity contribution in [1.29, 1.82) is 0 Å². The normalized spacial score (nSPS) is 14.1. The zero-order valence-corrected chi connectivity index (χ0v) is 15.3. The van der Waals surface area contributed by atoms with Crippen molar-refractivity contribution < 1.29 is 19.7 Å². The van der Waals surface area contributed by atoms with Gasteiger partial charge in [-0.3, -0.25) is 9.69 Å². The van der Waals surface area contributed by atoms with Crippen molar-refractivity contribution >= 4 is 5.97 Å². The Bertz CT molecular complexity index is 284. The maximum Gasteiger partial charge on any atom is 0.317 e. The van der Waals surface area contributed by atoms with Crippen molar-refractivity contribution in [3.63, 3.8) is 0 Å². The molecule has 2 atom stereocenters. The van der Waals surface area contributed by atoms with Gasteiger partial charge in [-0.15, -0.1) is 0 Å². The fourth-order valence-corrected chi connectivity index (χ4v) is 2.65. The van der Waals surface area contributed by atoms with Gasteiger partial charge in [-0.2, -0.15) is 0 Å². The van der Waals surface area contributed by atoms with Crippen LogP contribution in [0.25, 0.3) is 0 Å². The average molecular weight is 331 g/mol. The quantitative estimate of drug-likeness (QED) is 0.425. The summed E-state index contributed by atoms with van der Waals surface area (Å²) in [6.07, 6.45) is 9.95. The number of hydrogen-bond acceptors (Lipinski definition) is 4. The molecule has 0 heterocycles. The topological polar surface area (TPSA) is 70.0 Å². The number of aliphatic hydroxyl groups excluding tert-OH is 1. The van der Waals surface area contributed by atoms with Crippen molar-refractivity contribution in [3.05, 3.63) is 0 Å². The number of nitrogens with zero attached hydrogens (tertiary/aromatic N) is 1. The van der Waals surface area contributed by atoms with E-state index < -0.39 is 12.1 Å². The second kappa shape index (κ2) is 14.9. The maximum atomic E-state index is 10.6. The van der Waals surface area contributed by atoms with Crippen LogP contribution in [0, 0.1) is 0 Å². The summed E-state index contributed by atoms with van der Waals surface area (Å²) in [4.78, 5) is 12.3. The van der Waals surface area contributed by atoms with E-state index in [-0.39, 0.29) is 12.6 Å². The van der Waals surface area contributed by atoms with Crippen LogP contribution in [-0.2, 0) is 9.53 Å². The lowest BCUT2D eigenvalue weighted by molar-refractivity contribution is -0.138. The van der Waals surface area contributed by atoms with E-state index in [1.807, 2.05) is 0 Å². The van der Waals surface area contributed by atoms with Gasteiger partial charge in [0.15, 0.2) is 0 Å². The van der Waals surface area contributed by atoms with E-state index in [9.17, 15) is 9.90 Å². The lowest BCUT2D eigenvalue weighted by Gasteiger charge is -2.21. The van der Waals surface area contributed by atoms with Crippen LogP contribution in [0.5, 0.6) is 0 Å². The molecule has 23 heavy (non-hydrogen) atoms. The van der Waals surface area contributed by atoms with Crippen LogP contribution in [0.3, 0.4) is 0 Å². The molecule has 0 radical (unpaired) electrons. The number of likely N-dealkylation sites (N-methyl/N-ethyl adjacent to an activating group) is 1. The highest BCUT2D eigenvalue weighted by molar-refractivity contribution is 5.68. The van der Waals surface area contributed by atoms with Crippen molar-refractivity contribution in [2.45, 2.75) is 83.8 Å². The average Bonchev–Trinajstić information content (AvgIpc) is 2.47. The smallest absolute Gasteiger partial charge is 0.317 e. The molecule has 0 aromatic rings. The Morgan fingerprint density at radius 2 is 1.70 bits per heavy atom. The predicted octanol–water partition coefficient (Wildman–Crippen LogP) is 3.30. The molecule has 0 fully saturated rings. The Morgan fingerprint density at radius 1 is 1.09 bits per heavy atom. The fourth-order valence-electron chi connectivity index (χ4n) is 2.65. The van der Waals surface area contributed by atoms with Crippen molar-refractivity contribution in [2.75, 3.05) is 26.7 Å². The lowest BCUT2D eigenvalue weighted by atomic mass is 10.0. The van der Waals surface area contributed by atoms with Gasteiger partial charge in [0, 0.05) is 13.2 Å². The molecule has 138 valence electrons. The Labute approximate surface area is 142 Å². The molecule has 0 saturated carbocycles. The molecule has 0 aliphatic carbocycles. The van der Waals surface area contributed by atoms with Crippen molar-refractivity contribution in [2.24, 2.45) is 0 Å². The third kappa shape index (κ3) is 14.7. The first-order valence-electron chi connectivity index (χ1n) is 9.17. The summed E-state index contributed by atoms with van der Waals surface area (Å²) >= 11 is 0. The standard InChI is InChI=1S/C18H37NO4/c1-4-5-6-7-8-9-10-12-17(16(2)20)23-14-11-13-19(3)15-18(21)22/h16-17,20H,4-15H2,1-3H3,(H,21,22). The zero-order chi connectivity index (χ0) is 17.5. The highest BCUT2D eigenvalue weighted by Gasteiger charge is 2.15. The van der Waals surface area contributed by atoms with E-state index in [4.69, 9.17) is 9.84 Å². The molecule has 0 saturated heterocycles. The molecule has 2 unspecified atom stereocenters. The summed E-state index contributed by atoms with van der Waals surface area (Å²) in [6, 6.07) is 0. The van der Waals surface area contributed by atoms with Gasteiger partial charge < -0.3 is 14.9 Å². The summed E-state index contributed by atoms with van der Waals surface area (Å²) in [5, 5.41) is 18.5.